The number of para-hydroxylation sites is 1. The molecule has 0 aromatic heterocycles. The highest BCUT2D eigenvalue weighted by atomic mass is 16.6. The second-order valence-electron chi connectivity index (χ2n) is 4.86. The summed E-state index contributed by atoms with van der Waals surface area (Å²) < 4.78 is 5.87. The Morgan fingerprint density at radius 3 is 2.43 bits per heavy atom. The van der Waals surface area contributed by atoms with Gasteiger partial charge in [0.05, 0.1) is 4.92 Å². The molecule has 1 N–H and O–H groups in total. The molecule has 0 saturated heterocycles. The summed E-state index contributed by atoms with van der Waals surface area (Å²) in [6.45, 7) is 4.24. The monoisotopic (exact) mass is 286 g/mol. The average Bonchev–Trinajstić information content (AvgIpc) is 2.46. The van der Waals surface area contributed by atoms with Crippen molar-refractivity contribution >= 4 is 11.4 Å². The zero-order valence-corrected chi connectivity index (χ0v) is 12.3. The van der Waals surface area contributed by atoms with Gasteiger partial charge in [-0.3, -0.25) is 10.1 Å². The van der Waals surface area contributed by atoms with E-state index < -0.39 is 4.92 Å². The predicted octanol–water partition coefficient (Wildman–Crippen LogP) is 3.83. The van der Waals surface area contributed by atoms with Gasteiger partial charge in [-0.2, -0.15) is 0 Å². The molecular weight excluding hydrogens is 268 g/mol. The summed E-state index contributed by atoms with van der Waals surface area (Å²) in [7, 11) is 1.78. The number of nitrogens with zero attached hydrogens (tertiary/aromatic N) is 1. The second kappa shape index (κ2) is 6.26. The Balaban J connectivity index is 2.26. The standard InChI is InChI=1S/C16H18N2O3/c1-11-5-4-6-12(2)16(11)21-10-13-9-14(18(19)20)7-8-15(13)17-3/h4-9,17H,10H2,1-3H3. The van der Waals surface area contributed by atoms with Crippen LogP contribution < -0.4 is 10.1 Å². The Labute approximate surface area is 123 Å². The third kappa shape index (κ3) is 3.31. The first kappa shape index (κ1) is 14.8. The summed E-state index contributed by atoms with van der Waals surface area (Å²) in [6.07, 6.45) is 0. The van der Waals surface area contributed by atoms with Crippen molar-refractivity contribution < 1.29 is 9.66 Å². The predicted molar refractivity (Wildman–Crippen MR) is 82.9 cm³/mol. The number of non-ortho nitro benzene ring substituents is 1. The molecule has 0 fully saturated rings. The number of nitro groups is 1. The van der Waals surface area contributed by atoms with Gasteiger partial charge in [0.2, 0.25) is 0 Å². The highest BCUT2D eigenvalue weighted by molar-refractivity contribution is 5.55. The number of hydrogen-bond acceptors (Lipinski definition) is 4. The van der Waals surface area contributed by atoms with Gasteiger partial charge in [-0.15, -0.1) is 0 Å². The van der Waals surface area contributed by atoms with Crippen molar-refractivity contribution in [2.24, 2.45) is 0 Å². The number of aryl methyl sites for hydroxylation is 2. The SMILES string of the molecule is CNc1ccc([N+](=O)[O-])cc1COc1c(C)cccc1C. The minimum absolute atomic E-state index is 0.0640. The Kier molecular flexibility index (Phi) is 4.42. The van der Waals surface area contributed by atoms with E-state index in [1.54, 1.807) is 19.2 Å². The van der Waals surface area contributed by atoms with Crippen LogP contribution in [-0.2, 0) is 6.61 Å². The molecule has 5 nitrogen and oxygen atoms in total. The van der Waals surface area contributed by atoms with E-state index in [4.69, 9.17) is 4.74 Å². The highest BCUT2D eigenvalue weighted by Gasteiger charge is 2.11. The van der Waals surface area contributed by atoms with Gasteiger partial charge in [0.15, 0.2) is 0 Å². The van der Waals surface area contributed by atoms with Crippen LogP contribution in [0.15, 0.2) is 36.4 Å². The van der Waals surface area contributed by atoms with E-state index in [1.807, 2.05) is 32.0 Å². The summed E-state index contributed by atoms with van der Waals surface area (Å²) >= 11 is 0. The van der Waals surface area contributed by atoms with Gasteiger partial charge >= 0.3 is 0 Å². The molecule has 0 heterocycles. The molecular formula is C16H18N2O3. The van der Waals surface area contributed by atoms with Gasteiger partial charge in [0, 0.05) is 30.4 Å². The molecule has 0 aliphatic rings. The molecule has 0 aliphatic carbocycles. The lowest BCUT2D eigenvalue weighted by molar-refractivity contribution is -0.384. The van der Waals surface area contributed by atoms with Gasteiger partial charge < -0.3 is 10.1 Å². The van der Waals surface area contributed by atoms with Crippen LogP contribution >= 0.6 is 0 Å². The number of rotatable bonds is 5. The Hall–Kier alpha value is -2.56. The Morgan fingerprint density at radius 1 is 1.19 bits per heavy atom. The number of nitro benzene ring substituents is 1. The molecule has 0 bridgehead atoms. The van der Waals surface area contributed by atoms with E-state index in [0.717, 1.165) is 28.1 Å². The summed E-state index contributed by atoms with van der Waals surface area (Å²) in [5.74, 6) is 0.825. The lowest BCUT2D eigenvalue weighted by Gasteiger charge is -2.14. The normalized spacial score (nSPS) is 10.2. The van der Waals surface area contributed by atoms with Crippen LogP contribution in [-0.4, -0.2) is 12.0 Å². The van der Waals surface area contributed by atoms with Crippen molar-refractivity contribution in [1.82, 2.24) is 0 Å². The lowest BCUT2D eigenvalue weighted by Crippen LogP contribution is -2.03. The second-order valence-corrected chi connectivity index (χ2v) is 4.86. The van der Waals surface area contributed by atoms with Crippen molar-refractivity contribution in [2.45, 2.75) is 20.5 Å². The van der Waals surface area contributed by atoms with Crippen molar-refractivity contribution in [3.8, 4) is 5.75 Å². The highest BCUT2D eigenvalue weighted by Crippen LogP contribution is 2.27. The lowest BCUT2D eigenvalue weighted by atomic mass is 10.1. The van der Waals surface area contributed by atoms with Crippen LogP contribution in [0.25, 0.3) is 0 Å². The topological polar surface area (TPSA) is 64.4 Å². The van der Waals surface area contributed by atoms with E-state index >= 15 is 0 Å². The maximum atomic E-state index is 10.9. The van der Waals surface area contributed by atoms with E-state index in [9.17, 15) is 10.1 Å². The van der Waals surface area contributed by atoms with Gasteiger partial charge in [0.1, 0.15) is 12.4 Å². The minimum atomic E-state index is -0.401. The number of benzene rings is 2. The van der Waals surface area contributed by atoms with Gasteiger partial charge in [-0.05, 0) is 31.0 Å². The zero-order valence-electron chi connectivity index (χ0n) is 12.3. The third-order valence-corrected chi connectivity index (χ3v) is 3.35. The summed E-state index contributed by atoms with van der Waals surface area (Å²) in [6, 6.07) is 10.7. The molecule has 2 aromatic carbocycles. The van der Waals surface area contributed by atoms with E-state index in [1.165, 1.54) is 6.07 Å². The summed E-state index contributed by atoms with van der Waals surface area (Å²) in [5.41, 5.74) is 3.74. The van der Waals surface area contributed by atoms with Crippen LogP contribution in [0.1, 0.15) is 16.7 Å². The smallest absolute Gasteiger partial charge is 0.269 e. The molecule has 5 heteroatoms. The number of hydrogen-bond donors (Lipinski definition) is 1. The third-order valence-electron chi connectivity index (χ3n) is 3.35. The number of anilines is 1. The van der Waals surface area contributed by atoms with Crippen LogP contribution in [0.2, 0.25) is 0 Å². The quantitative estimate of drug-likeness (QED) is 0.670. The van der Waals surface area contributed by atoms with Gasteiger partial charge in [-0.25, -0.2) is 0 Å². The van der Waals surface area contributed by atoms with Gasteiger partial charge in [-0.1, -0.05) is 18.2 Å². The molecule has 2 aromatic rings. The average molecular weight is 286 g/mol. The number of nitrogens with one attached hydrogen (secondary N) is 1. The first-order chi connectivity index (χ1) is 10.0. The summed E-state index contributed by atoms with van der Waals surface area (Å²) in [4.78, 5) is 10.5. The Bertz CT molecular complexity index is 648. The zero-order chi connectivity index (χ0) is 15.4. The molecule has 2 rings (SSSR count). The van der Waals surface area contributed by atoms with Crippen LogP contribution in [0.4, 0.5) is 11.4 Å². The Morgan fingerprint density at radius 2 is 1.86 bits per heavy atom. The fraction of sp³-hybridized carbons (Fsp3) is 0.250. The maximum Gasteiger partial charge on any atom is 0.269 e. The first-order valence-electron chi connectivity index (χ1n) is 6.67. The molecule has 0 atom stereocenters. The van der Waals surface area contributed by atoms with Crippen molar-refractivity contribution in [2.75, 3.05) is 12.4 Å². The van der Waals surface area contributed by atoms with Crippen molar-refractivity contribution in [1.29, 1.82) is 0 Å². The van der Waals surface area contributed by atoms with Gasteiger partial charge in [0.25, 0.3) is 5.69 Å². The number of ether oxygens (including phenoxy) is 1. The van der Waals surface area contributed by atoms with E-state index in [-0.39, 0.29) is 12.3 Å². The molecule has 21 heavy (non-hydrogen) atoms. The molecule has 0 spiro atoms. The molecule has 0 radical (unpaired) electrons. The fourth-order valence-electron chi connectivity index (χ4n) is 2.23. The van der Waals surface area contributed by atoms with Crippen LogP contribution in [0, 0.1) is 24.0 Å². The summed E-state index contributed by atoms with van der Waals surface area (Å²) in [5, 5.41) is 13.9. The van der Waals surface area contributed by atoms with Crippen LogP contribution in [0.3, 0.4) is 0 Å². The fourth-order valence-corrected chi connectivity index (χ4v) is 2.23. The molecule has 0 amide bonds. The largest absolute Gasteiger partial charge is 0.488 e. The maximum absolute atomic E-state index is 10.9. The first-order valence-corrected chi connectivity index (χ1v) is 6.67. The minimum Gasteiger partial charge on any atom is -0.488 e. The van der Waals surface area contributed by atoms with Crippen molar-refractivity contribution in [3.63, 3.8) is 0 Å². The molecule has 110 valence electrons. The van der Waals surface area contributed by atoms with E-state index in [2.05, 4.69) is 5.32 Å². The van der Waals surface area contributed by atoms with E-state index in [0.29, 0.717) is 0 Å². The molecule has 0 saturated carbocycles. The molecule has 0 aliphatic heterocycles. The molecule has 0 unspecified atom stereocenters. The van der Waals surface area contributed by atoms with Crippen molar-refractivity contribution in [3.05, 3.63) is 63.2 Å². The van der Waals surface area contributed by atoms with Crippen LogP contribution in [0.5, 0.6) is 5.75 Å².